The molecule has 10 heteroatoms. The van der Waals surface area contributed by atoms with Crippen molar-refractivity contribution >= 4 is 29.7 Å². The van der Waals surface area contributed by atoms with E-state index in [1.807, 2.05) is 0 Å². The fourth-order valence-electron chi connectivity index (χ4n) is 2.63. The summed E-state index contributed by atoms with van der Waals surface area (Å²) in [5.74, 6) is -3.52. The Morgan fingerprint density at radius 1 is 1.43 bits per heavy atom. The second kappa shape index (κ2) is 8.16. The molecule has 1 heterocycles. The number of piperazine rings is 1. The first-order chi connectivity index (χ1) is 10.4. The van der Waals surface area contributed by atoms with Crippen molar-refractivity contribution in [2.24, 2.45) is 0 Å². The van der Waals surface area contributed by atoms with E-state index in [4.69, 9.17) is 16.7 Å². The number of nitro groups is 1. The molecule has 2 N–H and O–H groups in total. The smallest absolute Gasteiger partial charge is 0.290 e. The average Bonchev–Trinajstić information content (AvgIpc) is 2.48. The summed E-state index contributed by atoms with van der Waals surface area (Å²) >= 11 is 5.84. The topological polar surface area (TPSA) is 78.6 Å². The van der Waals surface area contributed by atoms with E-state index in [1.165, 1.54) is 17.0 Å². The third-order valence-corrected chi connectivity index (χ3v) is 3.84. The number of nitrogens with zero attached hydrogens (tertiary/aromatic N) is 2. The van der Waals surface area contributed by atoms with Gasteiger partial charge in [-0.05, 0) is 12.1 Å². The van der Waals surface area contributed by atoms with Gasteiger partial charge in [-0.25, -0.2) is 8.78 Å². The molecule has 6 nitrogen and oxygen atoms in total. The number of nitro benzene ring substituents is 1. The summed E-state index contributed by atoms with van der Waals surface area (Å²) < 4.78 is 28.6. The molecule has 0 aromatic heterocycles. The summed E-state index contributed by atoms with van der Waals surface area (Å²) in [5.41, 5.74) is -0.612. The van der Waals surface area contributed by atoms with Crippen LogP contribution in [0.5, 0.6) is 0 Å². The minimum absolute atomic E-state index is 0. The molecule has 0 amide bonds. The molecule has 0 unspecified atom stereocenters. The number of aliphatic hydroxyl groups is 1. The maximum Gasteiger partial charge on any atom is 0.290 e. The van der Waals surface area contributed by atoms with Gasteiger partial charge in [0.05, 0.1) is 10.5 Å². The van der Waals surface area contributed by atoms with Crippen molar-refractivity contribution in [2.45, 2.75) is 12.0 Å². The monoisotopic (exact) mass is 371 g/mol. The number of halogens is 4. The molecule has 1 aromatic rings. The van der Waals surface area contributed by atoms with Crippen molar-refractivity contribution in [3.8, 4) is 0 Å². The quantitative estimate of drug-likeness (QED) is 0.612. The van der Waals surface area contributed by atoms with Crippen LogP contribution in [0.15, 0.2) is 18.2 Å². The van der Waals surface area contributed by atoms with Gasteiger partial charge in [0.2, 0.25) is 0 Å². The zero-order valence-electron chi connectivity index (χ0n) is 12.0. The molecule has 1 fully saturated rings. The Bertz CT molecular complexity index is 557. The molecule has 23 heavy (non-hydrogen) atoms. The number of hydrogen-bond donors (Lipinski definition) is 2. The first-order valence-electron chi connectivity index (χ1n) is 6.74. The molecular weight excluding hydrogens is 355 g/mol. The molecule has 1 saturated heterocycles. The highest BCUT2D eigenvalue weighted by Crippen LogP contribution is 2.41. The fourth-order valence-corrected chi connectivity index (χ4v) is 2.81. The SMILES string of the molecule is Cl.O=[N+]([O-])c1ccc(Cl)cc1[C@@H](N1CCNCC1)C(F)(F)CO. The molecule has 0 spiro atoms. The predicted octanol–water partition coefficient (Wildman–Crippen LogP) is 2.24. The van der Waals surface area contributed by atoms with Crippen molar-refractivity contribution in [2.75, 3.05) is 32.8 Å². The van der Waals surface area contributed by atoms with Gasteiger partial charge in [-0.1, -0.05) is 11.6 Å². The molecular formula is C13H17Cl2F2N3O3. The van der Waals surface area contributed by atoms with Gasteiger partial charge in [-0.3, -0.25) is 15.0 Å². The van der Waals surface area contributed by atoms with Gasteiger partial charge in [0, 0.05) is 37.3 Å². The molecule has 0 bridgehead atoms. The van der Waals surface area contributed by atoms with E-state index in [9.17, 15) is 18.9 Å². The number of nitrogens with one attached hydrogen (secondary N) is 1. The van der Waals surface area contributed by atoms with Crippen LogP contribution in [0.1, 0.15) is 11.6 Å². The van der Waals surface area contributed by atoms with Gasteiger partial charge in [-0.2, -0.15) is 0 Å². The van der Waals surface area contributed by atoms with Crippen LogP contribution in [0.2, 0.25) is 5.02 Å². The van der Waals surface area contributed by atoms with Crippen LogP contribution in [0.25, 0.3) is 0 Å². The van der Waals surface area contributed by atoms with Crippen LogP contribution in [0.3, 0.4) is 0 Å². The zero-order valence-corrected chi connectivity index (χ0v) is 13.6. The molecule has 130 valence electrons. The minimum Gasteiger partial charge on any atom is -0.390 e. The zero-order chi connectivity index (χ0) is 16.3. The minimum atomic E-state index is -3.52. The number of benzene rings is 1. The molecule has 1 aliphatic rings. The largest absolute Gasteiger partial charge is 0.390 e. The summed E-state index contributed by atoms with van der Waals surface area (Å²) in [6.07, 6.45) is 0. The summed E-state index contributed by atoms with van der Waals surface area (Å²) in [6, 6.07) is 1.98. The van der Waals surface area contributed by atoms with E-state index in [-0.39, 0.29) is 23.0 Å². The summed E-state index contributed by atoms with van der Waals surface area (Å²) in [5, 5.41) is 23.4. The third kappa shape index (κ3) is 4.48. The average molecular weight is 372 g/mol. The summed E-state index contributed by atoms with van der Waals surface area (Å²) in [4.78, 5) is 11.9. The number of aliphatic hydroxyl groups excluding tert-OH is 1. The second-order valence-corrected chi connectivity index (χ2v) is 5.50. The van der Waals surface area contributed by atoms with Gasteiger partial charge in [0.1, 0.15) is 12.6 Å². The van der Waals surface area contributed by atoms with Gasteiger partial charge in [-0.15, -0.1) is 12.4 Å². The normalized spacial score (nSPS) is 17.4. The summed E-state index contributed by atoms with van der Waals surface area (Å²) in [7, 11) is 0. The van der Waals surface area contributed by atoms with Crippen LogP contribution in [0.4, 0.5) is 14.5 Å². The van der Waals surface area contributed by atoms with E-state index < -0.39 is 29.2 Å². The first kappa shape index (κ1) is 20.0. The Balaban J connectivity index is 0.00000264. The van der Waals surface area contributed by atoms with Crippen LogP contribution >= 0.6 is 24.0 Å². The van der Waals surface area contributed by atoms with Crippen molar-refractivity contribution < 1.29 is 18.8 Å². The highest BCUT2D eigenvalue weighted by atomic mass is 35.5. The summed E-state index contributed by atoms with van der Waals surface area (Å²) in [6.45, 7) is 0.178. The van der Waals surface area contributed by atoms with E-state index in [0.717, 1.165) is 6.07 Å². The second-order valence-electron chi connectivity index (χ2n) is 5.07. The van der Waals surface area contributed by atoms with Crippen molar-refractivity contribution in [3.05, 3.63) is 38.9 Å². The van der Waals surface area contributed by atoms with E-state index >= 15 is 0 Å². The molecule has 2 rings (SSSR count). The molecule has 0 saturated carbocycles. The van der Waals surface area contributed by atoms with Crippen LogP contribution in [0, 0.1) is 10.1 Å². The Labute approximate surface area is 143 Å². The Hall–Kier alpha value is -1.06. The Kier molecular flexibility index (Phi) is 7.09. The van der Waals surface area contributed by atoms with Crippen molar-refractivity contribution in [1.29, 1.82) is 0 Å². The lowest BCUT2D eigenvalue weighted by molar-refractivity contribution is -0.386. The maximum absolute atomic E-state index is 14.3. The van der Waals surface area contributed by atoms with E-state index in [0.29, 0.717) is 26.2 Å². The lowest BCUT2D eigenvalue weighted by Crippen LogP contribution is -2.51. The first-order valence-corrected chi connectivity index (χ1v) is 7.12. The van der Waals surface area contributed by atoms with Gasteiger partial charge in [0.15, 0.2) is 0 Å². The van der Waals surface area contributed by atoms with E-state index in [1.54, 1.807) is 0 Å². The third-order valence-electron chi connectivity index (χ3n) is 3.61. The molecule has 1 atom stereocenters. The standard InChI is InChI=1S/C13H16ClF2N3O3.ClH/c14-9-1-2-11(19(21)22)10(7-9)12(13(15,16)8-20)18-5-3-17-4-6-18;/h1-2,7,12,17,20H,3-6,8H2;1H/t12-;/m1./s1. The van der Waals surface area contributed by atoms with Crippen molar-refractivity contribution in [3.63, 3.8) is 0 Å². The van der Waals surface area contributed by atoms with Gasteiger partial charge in [0.25, 0.3) is 11.6 Å². The molecule has 0 aliphatic carbocycles. The lowest BCUT2D eigenvalue weighted by atomic mass is 9.96. The van der Waals surface area contributed by atoms with E-state index in [2.05, 4.69) is 5.32 Å². The van der Waals surface area contributed by atoms with Gasteiger partial charge < -0.3 is 10.4 Å². The van der Waals surface area contributed by atoms with Crippen LogP contribution in [-0.2, 0) is 0 Å². The van der Waals surface area contributed by atoms with Gasteiger partial charge >= 0.3 is 0 Å². The fraction of sp³-hybridized carbons (Fsp3) is 0.538. The van der Waals surface area contributed by atoms with Crippen LogP contribution < -0.4 is 5.32 Å². The lowest BCUT2D eigenvalue weighted by Gasteiger charge is -2.38. The Morgan fingerprint density at radius 3 is 2.57 bits per heavy atom. The number of hydrogen-bond acceptors (Lipinski definition) is 5. The maximum atomic E-state index is 14.3. The highest BCUT2D eigenvalue weighted by Gasteiger charge is 2.46. The van der Waals surface area contributed by atoms with Crippen LogP contribution in [-0.4, -0.2) is 53.6 Å². The molecule has 1 aliphatic heterocycles. The van der Waals surface area contributed by atoms with Crippen molar-refractivity contribution in [1.82, 2.24) is 10.2 Å². The Morgan fingerprint density at radius 2 is 2.04 bits per heavy atom. The number of alkyl halides is 2. The highest BCUT2D eigenvalue weighted by molar-refractivity contribution is 6.30. The molecule has 1 aromatic carbocycles. The number of rotatable bonds is 5. The predicted molar refractivity (Wildman–Crippen MR) is 84.6 cm³/mol. The molecule has 0 radical (unpaired) electrons.